The van der Waals surface area contributed by atoms with Gasteiger partial charge in [0.25, 0.3) is 5.56 Å². The van der Waals surface area contributed by atoms with Gasteiger partial charge < -0.3 is 5.32 Å². The number of carbonyl (C=O) groups is 1. The minimum atomic E-state index is -0.480. The molecule has 1 fully saturated rings. The summed E-state index contributed by atoms with van der Waals surface area (Å²) in [6, 6.07) is 9.13. The fourth-order valence-electron chi connectivity index (χ4n) is 4.86. The van der Waals surface area contributed by atoms with Crippen molar-refractivity contribution in [3.8, 4) is 0 Å². The summed E-state index contributed by atoms with van der Waals surface area (Å²) in [5.74, 6) is 0.297. The van der Waals surface area contributed by atoms with Gasteiger partial charge in [-0.05, 0) is 23.9 Å². The zero-order valence-electron chi connectivity index (χ0n) is 16.6. The molecular formula is C21H24N6O2S. The number of thiophene rings is 1. The summed E-state index contributed by atoms with van der Waals surface area (Å²) in [5, 5.41) is 9.18. The molecule has 2 aliphatic heterocycles. The van der Waals surface area contributed by atoms with Crippen molar-refractivity contribution in [3.05, 3.63) is 69.3 Å². The molecule has 3 aromatic heterocycles. The summed E-state index contributed by atoms with van der Waals surface area (Å²) in [5.41, 5.74) is 0.886. The van der Waals surface area contributed by atoms with Crippen LogP contribution in [-0.4, -0.2) is 49.8 Å². The summed E-state index contributed by atoms with van der Waals surface area (Å²) in [4.78, 5) is 33.7. The lowest BCUT2D eigenvalue weighted by molar-refractivity contribution is -0.127. The van der Waals surface area contributed by atoms with Crippen molar-refractivity contribution in [2.75, 3.05) is 19.6 Å². The van der Waals surface area contributed by atoms with E-state index >= 15 is 0 Å². The summed E-state index contributed by atoms with van der Waals surface area (Å²) in [7, 11) is 0. The third-order valence-electron chi connectivity index (χ3n) is 6.06. The number of likely N-dealkylation sites (tertiary alicyclic amines) is 1. The molecular weight excluding hydrogens is 400 g/mol. The van der Waals surface area contributed by atoms with Crippen LogP contribution in [0.15, 0.2) is 53.2 Å². The molecule has 3 atom stereocenters. The minimum Gasteiger partial charge on any atom is -0.352 e. The van der Waals surface area contributed by atoms with Gasteiger partial charge in [0, 0.05) is 54.7 Å². The highest BCUT2D eigenvalue weighted by Crippen LogP contribution is 2.41. The van der Waals surface area contributed by atoms with Crippen molar-refractivity contribution < 1.29 is 4.79 Å². The van der Waals surface area contributed by atoms with E-state index in [1.807, 2.05) is 12.1 Å². The second-order valence-corrected chi connectivity index (χ2v) is 9.05. The second kappa shape index (κ2) is 8.16. The molecule has 0 spiro atoms. The molecule has 0 aromatic carbocycles. The number of fused-ring (bicyclic) bond motifs is 4. The number of pyridine rings is 1. The monoisotopic (exact) mass is 424 g/mol. The average Bonchev–Trinajstić information content (AvgIpc) is 3.43. The van der Waals surface area contributed by atoms with Crippen LogP contribution in [-0.2, 0) is 17.9 Å². The van der Waals surface area contributed by atoms with Gasteiger partial charge in [0.2, 0.25) is 5.91 Å². The highest BCUT2D eigenvalue weighted by atomic mass is 32.1. The van der Waals surface area contributed by atoms with Gasteiger partial charge in [0.15, 0.2) is 0 Å². The number of hydrogen-bond donors (Lipinski definition) is 1. The van der Waals surface area contributed by atoms with E-state index in [2.05, 4.69) is 37.8 Å². The number of nitrogens with one attached hydrogen (secondary N) is 1. The van der Waals surface area contributed by atoms with Crippen LogP contribution in [0.1, 0.15) is 29.0 Å². The molecule has 2 bridgehead atoms. The Kier molecular flexibility index (Phi) is 5.22. The molecule has 1 N–H and O–H groups in total. The Hall–Kier alpha value is -2.78. The van der Waals surface area contributed by atoms with Crippen molar-refractivity contribution in [1.29, 1.82) is 0 Å². The Morgan fingerprint density at radius 2 is 2.17 bits per heavy atom. The van der Waals surface area contributed by atoms with Crippen LogP contribution < -0.4 is 10.9 Å². The van der Waals surface area contributed by atoms with E-state index in [4.69, 9.17) is 0 Å². The van der Waals surface area contributed by atoms with Crippen LogP contribution in [0.5, 0.6) is 0 Å². The summed E-state index contributed by atoms with van der Waals surface area (Å²) < 4.78 is 3.42. The number of rotatable bonds is 6. The number of nitrogens with zero attached hydrogens (tertiary/aromatic N) is 5. The quantitative estimate of drug-likeness (QED) is 0.648. The summed E-state index contributed by atoms with van der Waals surface area (Å²) in [6.45, 7) is 3.62. The minimum absolute atomic E-state index is 0.0916. The molecule has 0 unspecified atom stereocenters. The molecule has 156 valence electrons. The summed E-state index contributed by atoms with van der Waals surface area (Å²) >= 11 is 1.76. The Morgan fingerprint density at radius 3 is 2.97 bits per heavy atom. The SMILES string of the molecule is O=C(NCCn1cncn1)[C@H]1[C@@H]2C[C@@H](CN(Cc3cccs3)C2)c2cccc(=O)n21. The molecule has 8 nitrogen and oxygen atoms in total. The van der Waals surface area contributed by atoms with Crippen LogP contribution in [0, 0.1) is 5.92 Å². The van der Waals surface area contributed by atoms with E-state index in [1.165, 1.54) is 11.2 Å². The first-order valence-electron chi connectivity index (χ1n) is 10.3. The standard InChI is InChI=1S/C21H24N6O2S/c28-19-5-1-4-18-15-9-16(11-25(10-15)12-17-3-2-8-30-17)20(27(18)19)21(29)23-6-7-26-14-22-13-24-26/h1-5,8,13-16,20H,6-7,9-12H2,(H,23,29)/t15-,16+,20+/m0/s1. The highest BCUT2D eigenvalue weighted by molar-refractivity contribution is 7.09. The first-order valence-corrected chi connectivity index (χ1v) is 11.1. The molecule has 0 radical (unpaired) electrons. The van der Waals surface area contributed by atoms with Crippen LogP contribution in [0.3, 0.4) is 0 Å². The van der Waals surface area contributed by atoms with E-state index in [-0.39, 0.29) is 23.3 Å². The van der Waals surface area contributed by atoms with E-state index in [0.717, 1.165) is 31.7 Å². The van der Waals surface area contributed by atoms with Crippen LogP contribution >= 0.6 is 11.3 Å². The van der Waals surface area contributed by atoms with Gasteiger partial charge in [-0.15, -0.1) is 11.3 Å². The predicted octanol–water partition coefficient (Wildman–Crippen LogP) is 1.48. The second-order valence-electron chi connectivity index (χ2n) is 8.02. The Morgan fingerprint density at radius 1 is 1.23 bits per heavy atom. The van der Waals surface area contributed by atoms with Crippen molar-refractivity contribution in [2.24, 2.45) is 5.92 Å². The number of carbonyl (C=O) groups excluding carboxylic acids is 1. The van der Waals surface area contributed by atoms with Gasteiger partial charge in [-0.3, -0.25) is 23.7 Å². The first kappa shape index (κ1) is 19.2. The Balaban J connectivity index is 1.38. The molecule has 3 aromatic rings. The number of hydrogen-bond acceptors (Lipinski definition) is 6. The third-order valence-corrected chi connectivity index (χ3v) is 6.92. The van der Waals surface area contributed by atoms with Gasteiger partial charge in [0.1, 0.15) is 18.7 Å². The first-order chi connectivity index (χ1) is 14.7. The van der Waals surface area contributed by atoms with Crippen molar-refractivity contribution in [1.82, 2.24) is 29.5 Å². The zero-order valence-corrected chi connectivity index (χ0v) is 17.4. The zero-order chi connectivity index (χ0) is 20.5. The Labute approximate surface area is 178 Å². The van der Waals surface area contributed by atoms with E-state index < -0.39 is 6.04 Å². The molecule has 9 heteroatoms. The largest absolute Gasteiger partial charge is 0.352 e. The van der Waals surface area contributed by atoms with Crippen LogP contribution in [0.25, 0.3) is 0 Å². The lowest BCUT2D eigenvalue weighted by Crippen LogP contribution is -2.53. The van der Waals surface area contributed by atoms with Gasteiger partial charge in [-0.1, -0.05) is 12.1 Å². The van der Waals surface area contributed by atoms with Crippen molar-refractivity contribution in [2.45, 2.75) is 31.5 Å². The molecule has 30 heavy (non-hydrogen) atoms. The molecule has 1 amide bonds. The maximum absolute atomic E-state index is 13.2. The number of aromatic nitrogens is 4. The number of piperidine rings is 1. The van der Waals surface area contributed by atoms with Gasteiger partial charge in [-0.25, -0.2) is 4.98 Å². The molecule has 1 saturated heterocycles. The van der Waals surface area contributed by atoms with E-state index in [9.17, 15) is 9.59 Å². The average molecular weight is 425 g/mol. The molecule has 5 heterocycles. The molecule has 0 aliphatic carbocycles. The smallest absolute Gasteiger partial charge is 0.251 e. The normalized spacial score (nSPS) is 23.1. The maximum atomic E-state index is 13.2. The summed E-state index contributed by atoms with van der Waals surface area (Å²) in [6.07, 6.45) is 4.04. The highest BCUT2D eigenvalue weighted by Gasteiger charge is 2.43. The lowest BCUT2D eigenvalue weighted by atomic mass is 9.78. The van der Waals surface area contributed by atoms with Crippen LogP contribution in [0.4, 0.5) is 0 Å². The number of amides is 1. The van der Waals surface area contributed by atoms with Gasteiger partial charge >= 0.3 is 0 Å². The Bertz CT molecular complexity index is 1060. The fraction of sp³-hybridized carbons (Fsp3) is 0.429. The van der Waals surface area contributed by atoms with E-state index in [1.54, 1.807) is 33.0 Å². The third kappa shape index (κ3) is 3.70. The van der Waals surface area contributed by atoms with Gasteiger partial charge in [-0.2, -0.15) is 5.10 Å². The molecule has 2 aliphatic rings. The predicted molar refractivity (Wildman–Crippen MR) is 113 cm³/mol. The maximum Gasteiger partial charge on any atom is 0.251 e. The van der Waals surface area contributed by atoms with Gasteiger partial charge in [0.05, 0.1) is 6.54 Å². The van der Waals surface area contributed by atoms with E-state index in [0.29, 0.717) is 13.1 Å². The molecule has 0 saturated carbocycles. The van der Waals surface area contributed by atoms with Crippen LogP contribution in [0.2, 0.25) is 0 Å². The fourth-order valence-corrected chi connectivity index (χ4v) is 5.61. The van der Waals surface area contributed by atoms with Crippen molar-refractivity contribution in [3.63, 3.8) is 0 Å². The lowest BCUT2D eigenvalue weighted by Gasteiger charge is -2.46. The van der Waals surface area contributed by atoms with Crippen molar-refractivity contribution >= 4 is 17.2 Å². The molecule has 5 rings (SSSR count). The topological polar surface area (TPSA) is 85.1 Å².